The van der Waals surface area contributed by atoms with Crippen LogP contribution in [0.25, 0.3) is 0 Å². The van der Waals surface area contributed by atoms with E-state index in [0.717, 1.165) is 6.42 Å². The van der Waals surface area contributed by atoms with Crippen LogP contribution in [0.3, 0.4) is 0 Å². The van der Waals surface area contributed by atoms with Crippen molar-refractivity contribution in [3.63, 3.8) is 0 Å². The molecular formula is C14H18F2N4O. The molecule has 0 aliphatic heterocycles. The van der Waals surface area contributed by atoms with Gasteiger partial charge in [0, 0.05) is 6.54 Å². The van der Waals surface area contributed by atoms with E-state index in [2.05, 4.69) is 10.1 Å². The first-order valence-corrected chi connectivity index (χ1v) is 6.83. The molecule has 0 radical (unpaired) electrons. The summed E-state index contributed by atoms with van der Waals surface area (Å²) in [6.45, 7) is 2.98. The van der Waals surface area contributed by atoms with Crippen LogP contribution in [0.1, 0.15) is 24.7 Å². The largest absolute Gasteiger partial charge is 0.479 e. The fraction of sp³-hybridized carbons (Fsp3) is 0.429. The Morgan fingerprint density at radius 2 is 2.00 bits per heavy atom. The van der Waals surface area contributed by atoms with Crippen molar-refractivity contribution >= 4 is 0 Å². The van der Waals surface area contributed by atoms with Crippen LogP contribution in [0, 0.1) is 11.6 Å². The summed E-state index contributed by atoms with van der Waals surface area (Å²) in [7, 11) is 0. The van der Waals surface area contributed by atoms with Gasteiger partial charge < -0.3 is 10.5 Å². The van der Waals surface area contributed by atoms with Gasteiger partial charge in [0.05, 0.1) is 0 Å². The van der Waals surface area contributed by atoms with Gasteiger partial charge in [-0.25, -0.2) is 18.4 Å². The Kier molecular flexibility index (Phi) is 5.21. The molecule has 1 aromatic heterocycles. The third-order valence-electron chi connectivity index (χ3n) is 2.97. The normalized spacial score (nSPS) is 10.9. The second kappa shape index (κ2) is 7.12. The fourth-order valence-electron chi connectivity index (χ4n) is 2.00. The van der Waals surface area contributed by atoms with E-state index in [1.54, 1.807) is 4.68 Å². The van der Waals surface area contributed by atoms with E-state index in [1.165, 1.54) is 18.5 Å². The lowest BCUT2D eigenvalue weighted by Gasteiger charge is -2.10. The van der Waals surface area contributed by atoms with E-state index < -0.39 is 17.4 Å². The number of halogens is 2. The summed E-state index contributed by atoms with van der Waals surface area (Å²) in [4.78, 5) is 4.02. The Bertz CT molecular complexity index is 577. The van der Waals surface area contributed by atoms with Crippen LogP contribution in [0.4, 0.5) is 8.78 Å². The number of hydrogen-bond acceptors (Lipinski definition) is 4. The SMILES string of the molecule is CCCn1ncnc1COc1c(F)cc(CCN)cc1F. The first-order chi connectivity index (χ1) is 10.2. The maximum Gasteiger partial charge on any atom is 0.191 e. The van der Waals surface area contributed by atoms with E-state index in [1.807, 2.05) is 6.92 Å². The van der Waals surface area contributed by atoms with Gasteiger partial charge in [-0.2, -0.15) is 5.10 Å². The van der Waals surface area contributed by atoms with E-state index in [-0.39, 0.29) is 6.61 Å². The first-order valence-electron chi connectivity index (χ1n) is 6.83. The summed E-state index contributed by atoms with van der Waals surface area (Å²) in [5.41, 5.74) is 5.88. The van der Waals surface area contributed by atoms with E-state index >= 15 is 0 Å². The minimum absolute atomic E-state index is 0.0376. The average Bonchev–Trinajstić information content (AvgIpc) is 2.86. The van der Waals surface area contributed by atoms with Gasteiger partial charge in [0.15, 0.2) is 23.2 Å². The second-order valence-electron chi connectivity index (χ2n) is 4.62. The molecule has 0 unspecified atom stereocenters. The minimum Gasteiger partial charge on any atom is -0.479 e. The van der Waals surface area contributed by atoms with Crippen molar-refractivity contribution in [2.45, 2.75) is 32.9 Å². The van der Waals surface area contributed by atoms with Crippen LogP contribution >= 0.6 is 0 Å². The molecule has 2 rings (SSSR count). The molecule has 5 nitrogen and oxygen atoms in total. The lowest BCUT2D eigenvalue weighted by Crippen LogP contribution is -2.10. The number of rotatable bonds is 7. The van der Waals surface area contributed by atoms with Crippen molar-refractivity contribution in [1.29, 1.82) is 0 Å². The number of nitrogens with two attached hydrogens (primary N) is 1. The Balaban J connectivity index is 2.11. The highest BCUT2D eigenvalue weighted by molar-refractivity contribution is 5.31. The van der Waals surface area contributed by atoms with E-state index in [4.69, 9.17) is 10.5 Å². The third kappa shape index (κ3) is 3.75. The highest BCUT2D eigenvalue weighted by atomic mass is 19.1. The highest BCUT2D eigenvalue weighted by Gasteiger charge is 2.14. The van der Waals surface area contributed by atoms with Crippen LogP contribution in [-0.2, 0) is 19.6 Å². The van der Waals surface area contributed by atoms with Crippen molar-refractivity contribution in [3.05, 3.63) is 41.5 Å². The summed E-state index contributed by atoms with van der Waals surface area (Å²) in [5, 5.41) is 4.03. The molecule has 1 heterocycles. The molecule has 2 aromatic rings. The summed E-state index contributed by atoms with van der Waals surface area (Å²) in [6.07, 6.45) is 2.69. The average molecular weight is 296 g/mol. The standard InChI is InChI=1S/C14H18F2N4O/c1-2-5-20-13(18-9-19-20)8-21-14-11(15)6-10(3-4-17)7-12(14)16/h6-7,9H,2-5,8,17H2,1H3. The van der Waals surface area contributed by atoms with Crippen molar-refractivity contribution < 1.29 is 13.5 Å². The number of hydrogen-bond donors (Lipinski definition) is 1. The van der Waals surface area contributed by atoms with Crippen LogP contribution in [-0.4, -0.2) is 21.3 Å². The molecule has 0 spiro atoms. The zero-order valence-corrected chi connectivity index (χ0v) is 11.9. The Hall–Kier alpha value is -2.02. The third-order valence-corrected chi connectivity index (χ3v) is 2.97. The fourth-order valence-corrected chi connectivity index (χ4v) is 2.00. The zero-order valence-electron chi connectivity index (χ0n) is 11.9. The smallest absolute Gasteiger partial charge is 0.191 e. The first kappa shape index (κ1) is 15.4. The number of nitrogens with zero attached hydrogens (tertiary/aromatic N) is 3. The zero-order chi connectivity index (χ0) is 15.2. The molecule has 1 aromatic carbocycles. The van der Waals surface area contributed by atoms with Gasteiger partial charge in [0.2, 0.25) is 0 Å². The van der Waals surface area contributed by atoms with E-state index in [9.17, 15) is 8.78 Å². The summed E-state index contributed by atoms with van der Waals surface area (Å²) in [5.74, 6) is -1.34. The predicted molar refractivity (Wildman–Crippen MR) is 73.8 cm³/mol. The Morgan fingerprint density at radius 1 is 1.29 bits per heavy atom. The van der Waals surface area contributed by atoms with Crippen molar-refractivity contribution in [2.24, 2.45) is 5.73 Å². The van der Waals surface area contributed by atoms with Crippen LogP contribution < -0.4 is 10.5 Å². The molecule has 0 aliphatic rings. The monoisotopic (exact) mass is 296 g/mol. The molecule has 21 heavy (non-hydrogen) atoms. The van der Waals surface area contributed by atoms with Gasteiger partial charge >= 0.3 is 0 Å². The van der Waals surface area contributed by atoms with Crippen molar-refractivity contribution in [3.8, 4) is 5.75 Å². The maximum absolute atomic E-state index is 13.9. The molecule has 2 N–H and O–H groups in total. The minimum atomic E-state index is -0.736. The molecule has 0 atom stereocenters. The molecule has 0 amide bonds. The van der Waals surface area contributed by atoms with Crippen LogP contribution in [0.2, 0.25) is 0 Å². The van der Waals surface area contributed by atoms with Gasteiger partial charge in [0.1, 0.15) is 12.9 Å². The molecule has 114 valence electrons. The second-order valence-corrected chi connectivity index (χ2v) is 4.62. The number of ether oxygens (including phenoxy) is 1. The van der Waals surface area contributed by atoms with Crippen molar-refractivity contribution in [1.82, 2.24) is 14.8 Å². The van der Waals surface area contributed by atoms with Gasteiger partial charge in [-0.1, -0.05) is 6.92 Å². The quantitative estimate of drug-likeness (QED) is 0.849. The molecule has 0 fully saturated rings. The molecule has 0 bridgehead atoms. The maximum atomic E-state index is 13.9. The molecular weight excluding hydrogens is 278 g/mol. The molecule has 0 aliphatic carbocycles. The van der Waals surface area contributed by atoms with Crippen LogP contribution in [0.15, 0.2) is 18.5 Å². The highest BCUT2D eigenvalue weighted by Crippen LogP contribution is 2.24. The Morgan fingerprint density at radius 3 is 2.62 bits per heavy atom. The van der Waals surface area contributed by atoms with Gasteiger partial charge in [-0.05, 0) is 37.1 Å². The van der Waals surface area contributed by atoms with Gasteiger partial charge in [-0.3, -0.25) is 0 Å². The summed E-state index contributed by atoms with van der Waals surface area (Å²) in [6, 6.07) is 2.48. The number of aryl methyl sites for hydroxylation is 1. The van der Waals surface area contributed by atoms with Crippen molar-refractivity contribution in [2.75, 3.05) is 6.54 Å². The molecule has 7 heteroatoms. The predicted octanol–water partition coefficient (Wildman–Crippen LogP) is 2.05. The summed E-state index contributed by atoms with van der Waals surface area (Å²) < 4.78 is 34.6. The topological polar surface area (TPSA) is 66.0 Å². The molecule has 0 saturated carbocycles. The van der Waals surface area contributed by atoms with Gasteiger partial charge in [-0.15, -0.1) is 0 Å². The van der Waals surface area contributed by atoms with E-state index in [0.29, 0.717) is 30.9 Å². The summed E-state index contributed by atoms with van der Waals surface area (Å²) >= 11 is 0. The van der Waals surface area contributed by atoms with Gasteiger partial charge in [0.25, 0.3) is 0 Å². The lowest BCUT2D eigenvalue weighted by molar-refractivity contribution is 0.258. The Labute approximate surface area is 121 Å². The molecule has 0 saturated heterocycles. The number of benzene rings is 1. The van der Waals surface area contributed by atoms with Crippen LogP contribution in [0.5, 0.6) is 5.75 Å². The lowest BCUT2D eigenvalue weighted by atomic mass is 10.1. The number of aromatic nitrogens is 3.